The van der Waals surface area contributed by atoms with Crippen molar-refractivity contribution in [2.24, 2.45) is 0 Å². The highest BCUT2D eigenvalue weighted by molar-refractivity contribution is 7.71. The Balaban J connectivity index is 2.12. The number of hydrogen-bond acceptors (Lipinski definition) is 4. The van der Waals surface area contributed by atoms with Crippen LogP contribution in [-0.4, -0.2) is 27.1 Å². The number of aromatic amines is 1. The number of hydrogen-bond donors (Lipinski definition) is 3. The second-order valence-electron chi connectivity index (χ2n) is 6.44. The highest BCUT2D eigenvalue weighted by Gasteiger charge is 2.37. The molecule has 1 aliphatic heterocycles. The van der Waals surface area contributed by atoms with Gasteiger partial charge in [-0.15, -0.1) is 0 Å². The average molecular weight is 266 g/mol. The molecular formula is C13H22N4S. The van der Waals surface area contributed by atoms with Crippen LogP contribution in [0.15, 0.2) is 12.4 Å². The summed E-state index contributed by atoms with van der Waals surface area (Å²) in [6, 6.07) is 2.31. The molecule has 3 N–H and O–H groups in total. The lowest BCUT2D eigenvalue weighted by atomic mass is 9.79. The Labute approximate surface area is 114 Å². The first-order chi connectivity index (χ1) is 8.26. The number of nitrogens with zero attached hydrogens (tertiary/aromatic N) is 1. The molecule has 100 valence electrons. The van der Waals surface area contributed by atoms with Gasteiger partial charge in [0.15, 0.2) is 0 Å². The molecule has 0 unspecified atom stereocenters. The second kappa shape index (κ2) is 4.63. The normalized spacial score (nSPS) is 22.7. The van der Waals surface area contributed by atoms with E-state index in [0.29, 0.717) is 10.7 Å². The summed E-state index contributed by atoms with van der Waals surface area (Å²) >= 11 is 5.07. The van der Waals surface area contributed by atoms with Crippen LogP contribution in [0.1, 0.15) is 40.5 Å². The SMILES string of the molecule is CC1(C)CC(Nc2cc(=S)nc[nH]2)CC(C)(C)N1. The van der Waals surface area contributed by atoms with E-state index in [0.717, 1.165) is 18.7 Å². The maximum atomic E-state index is 5.07. The van der Waals surface area contributed by atoms with Gasteiger partial charge in [-0.1, -0.05) is 12.2 Å². The van der Waals surface area contributed by atoms with Gasteiger partial charge in [0.1, 0.15) is 10.5 Å². The molecule has 0 spiro atoms. The molecule has 0 radical (unpaired) electrons. The fraction of sp³-hybridized carbons (Fsp3) is 0.692. The Morgan fingerprint density at radius 3 is 2.44 bits per heavy atom. The Kier molecular flexibility index (Phi) is 3.47. The summed E-state index contributed by atoms with van der Waals surface area (Å²) in [5, 5.41) is 7.21. The molecule has 1 aliphatic rings. The van der Waals surface area contributed by atoms with Gasteiger partial charge in [0.25, 0.3) is 0 Å². The summed E-state index contributed by atoms with van der Waals surface area (Å²) in [5.74, 6) is 0.952. The van der Waals surface area contributed by atoms with Crippen molar-refractivity contribution in [3.8, 4) is 0 Å². The second-order valence-corrected chi connectivity index (χ2v) is 6.86. The zero-order valence-corrected chi connectivity index (χ0v) is 12.3. The standard InChI is InChI=1S/C13H22N4S/c1-12(2)6-9(7-13(3,4)17-12)16-10-5-11(18)15-8-14-10/h5,8-9,17H,6-7H2,1-4H3,(H2,14,15,16,18). The van der Waals surface area contributed by atoms with E-state index in [4.69, 9.17) is 12.2 Å². The van der Waals surface area contributed by atoms with Gasteiger partial charge in [-0.3, -0.25) is 0 Å². The van der Waals surface area contributed by atoms with Crippen LogP contribution in [0.4, 0.5) is 5.82 Å². The topological polar surface area (TPSA) is 52.7 Å². The lowest BCUT2D eigenvalue weighted by Gasteiger charge is -2.46. The van der Waals surface area contributed by atoms with Gasteiger partial charge in [0, 0.05) is 23.2 Å². The highest BCUT2D eigenvalue weighted by Crippen LogP contribution is 2.29. The minimum absolute atomic E-state index is 0.142. The maximum Gasteiger partial charge on any atom is 0.131 e. The van der Waals surface area contributed by atoms with Crippen LogP contribution in [-0.2, 0) is 0 Å². The number of rotatable bonds is 2. The van der Waals surface area contributed by atoms with Gasteiger partial charge in [-0.05, 0) is 40.5 Å². The van der Waals surface area contributed by atoms with Crippen molar-refractivity contribution >= 4 is 18.0 Å². The van der Waals surface area contributed by atoms with Crippen LogP contribution in [0.5, 0.6) is 0 Å². The third-order valence-corrected chi connectivity index (χ3v) is 3.45. The molecule has 2 rings (SSSR count). The summed E-state index contributed by atoms with van der Waals surface area (Å²) < 4.78 is 0.615. The van der Waals surface area contributed by atoms with Crippen LogP contribution in [0.3, 0.4) is 0 Å². The van der Waals surface area contributed by atoms with Crippen molar-refractivity contribution in [1.29, 1.82) is 0 Å². The fourth-order valence-electron chi connectivity index (χ4n) is 3.10. The quantitative estimate of drug-likeness (QED) is 0.721. The Bertz CT molecular complexity index is 462. The number of aromatic nitrogens is 2. The van der Waals surface area contributed by atoms with Crippen LogP contribution < -0.4 is 10.6 Å². The van der Waals surface area contributed by atoms with Crippen molar-refractivity contribution in [1.82, 2.24) is 15.3 Å². The summed E-state index contributed by atoms with van der Waals surface area (Å²) in [4.78, 5) is 7.10. The fourth-order valence-corrected chi connectivity index (χ4v) is 3.27. The Morgan fingerprint density at radius 1 is 1.28 bits per heavy atom. The van der Waals surface area contributed by atoms with E-state index in [1.54, 1.807) is 6.33 Å². The molecule has 4 nitrogen and oxygen atoms in total. The largest absolute Gasteiger partial charge is 0.369 e. The van der Waals surface area contributed by atoms with E-state index in [1.807, 2.05) is 6.07 Å². The summed E-state index contributed by atoms with van der Waals surface area (Å²) in [6.45, 7) is 8.99. The van der Waals surface area contributed by atoms with Gasteiger partial charge < -0.3 is 15.6 Å². The van der Waals surface area contributed by atoms with E-state index >= 15 is 0 Å². The summed E-state index contributed by atoms with van der Waals surface area (Å²) in [6.07, 6.45) is 3.81. The zero-order chi connectivity index (χ0) is 13.4. The molecule has 0 atom stereocenters. The highest BCUT2D eigenvalue weighted by atomic mass is 32.1. The third kappa shape index (κ3) is 3.53. The molecule has 0 saturated carbocycles. The molecular weight excluding hydrogens is 244 g/mol. The first kappa shape index (κ1) is 13.5. The van der Waals surface area contributed by atoms with Crippen LogP contribution in [0, 0.1) is 4.64 Å². The van der Waals surface area contributed by atoms with Gasteiger partial charge in [-0.2, -0.15) is 0 Å². The van der Waals surface area contributed by atoms with Gasteiger partial charge in [0.05, 0.1) is 6.33 Å². The molecule has 0 aromatic carbocycles. The number of piperidine rings is 1. The molecule has 0 amide bonds. The smallest absolute Gasteiger partial charge is 0.131 e. The third-order valence-electron chi connectivity index (χ3n) is 3.23. The van der Waals surface area contributed by atoms with Crippen molar-refractivity contribution in [3.05, 3.63) is 17.0 Å². The number of nitrogens with one attached hydrogen (secondary N) is 3. The van der Waals surface area contributed by atoms with E-state index in [2.05, 4.69) is 48.3 Å². The van der Waals surface area contributed by atoms with Crippen LogP contribution in [0.25, 0.3) is 0 Å². The average Bonchev–Trinajstić information content (AvgIpc) is 2.11. The first-order valence-corrected chi connectivity index (χ1v) is 6.77. The summed E-state index contributed by atoms with van der Waals surface area (Å²) in [5.41, 5.74) is 0.284. The summed E-state index contributed by atoms with van der Waals surface area (Å²) in [7, 11) is 0. The monoisotopic (exact) mass is 266 g/mol. The number of H-pyrrole nitrogens is 1. The molecule has 2 heterocycles. The van der Waals surface area contributed by atoms with Gasteiger partial charge >= 0.3 is 0 Å². The number of anilines is 1. The Hall–Kier alpha value is -0.940. The van der Waals surface area contributed by atoms with Gasteiger partial charge in [0.2, 0.25) is 0 Å². The van der Waals surface area contributed by atoms with E-state index in [9.17, 15) is 0 Å². The van der Waals surface area contributed by atoms with E-state index in [1.165, 1.54) is 0 Å². The minimum Gasteiger partial charge on any atom is -0.369 e. The predicted octanol–water partition coefficient (Wildman–Crippen LogP) is 2.86. The Morgan fingerprint density at radius 2 is 1.89 bits per heavy atom. The maximum absolute atomic E-state index is 5.07. The molecule has 1 saturated heterocycles. The lowest BCUT2D eigenvalue weighted by Crippen LogP contribution is -2.60. The van der Waals surface area contributed by atoms with Crippen molar-refractivity contribution in [2.45, 2.75) is 57.7 Å². The molecule has 1 aromatic rings. The van der Waals surface area contributed by atoms with Crippen LogP contribution in [0.2, 0.25) is 0 Å². The minimum atomic E-state index is 0.142. The zero-order valence-electron chi connectivity index (χ0n) is 11.5. The van der Waals surface area contributed by atoms with Crippen molar-refractivity contribution in [2.75, 3.05) is 5.32 Å². The van der Waals surface area contributed by atoms with E-state index < -0.39 is 0 Å². The van der Waals surface area contributed by atoms with Crippen LogP contribution >= 0.6 is 12.2 Å². The van der Waals surface area contributed by atoms with Gasteiger partial charge in [-0.25, -0.2) is 4.98 Å². The predicted molar refractivity (Wildman–Crippen MR) is 77.4 cm³/mol. The lowest BCUT2D eigenvalue weighted by molar-refractivity contribution is 0.170. The first-order valence-electron chi connectivity index (χ1n) is 6.36. The molecule has 1 fully saturated rings. The molecule has 18 heavy (non-hydrogen) atoms. The van der Waals surface area contributed by atoms with E-state index in [-0.39, 0.29) is 11.1 Å². The molecule has 0 aliphatic carbocycles. The van der Waals surface area contributed by atoms with Crippen molar-refractivity contribution < 1.29 is 0 Å². The molecule has 1 aromatic heterocycles. The molecule has 0 bridgehead atoms. The molecule has 5 heteroatoms. The van der Waals surface area contributed by atoms with Crippen molar-refractivity contribution in [3.63, 3.8) is 0 Å².